The number of phenols is 1. The van der Waals surface area contributed by atoms with Crippen LogP contribution in [-0.4, -0.2) is 160 Å². The molecule has 7 N–H and O–H groups in total. The smallest absolute Gasteiger partial charge is 0.267 e. The number of nitrogens with zero attached hydrogens (tertiary/aromatic N) is 2. The summed E-state index contributed by atoms with van der Waals surface area (Å²) in [5, 5.41) is 20.9. The van der Waals surface area contributed by atoms with E-state index in [9.17, 15) is 48.3 Å². The van der Waals surface area contributed by atoms with Gasteiger partial charge in [0.2, 0.25) is 17.7 Å². The van der Waals surface area contributed by atoms with Crippen LogP contribution in [0.1, 0.15) is 84.3 Å². The van der Waals surface area contributed by atoms with Crippen LogP contribution >= 0.6 is 0 Å². The third kappa shape index (κ3) is 14.5. The molecule has 0 spiro atoms. The summed E-state index contributed by atoms with van der Waals surface area (Å²) in [6.07, 6.45) is 2.62. The van der Waals surface area contributed by atoms with Crippen molar-refractivity contribution >= 4 is 53.0 Å². The van der Waals surface area contributed by atoms with Crippen molar-refractivity contribution in [3.63, 3.8) is 0 Å². The van der Waals surface area contributed by atoms with Gasteiger partial charge in [-0.3, -0.25) is 53.4 Å². The van der Waals surface area contributed by atoms with Crippen molar-refractivity contribution in [2.24, 2.45) is 5.73 Å². The fraction of sp³-hybridized carbons (Fsp3) is 0.408. The molecule has 3 aliphatic rings. The van der Waals surface area contributed by atoms with Crippen molar-refractivity contribution in [2.45, 2.75) is 44.2 Å². The Labute approximate surface area is 408 Å². The first-order valence-electron chi connectivity index (χ1n) is 23.0. The number of aryl methyl sites for hydroxylation is 1. The molecular weight excluding hydrogens is 927 g/mol. The van der Waals surface area contributed by atoms with Crippen LogP contribution in [0.5, 0.6) is 11.5 Å². The minimum Gasteiger partial charge on any atom is -0.507 e. The number of ketones is 1. The fourth-order valence-electron chi connectivity index (χ4n) is 7.85. The van der Waals surface area contributed by atoms with Crippen molar-refractivity contribution < 1.29 is 71.9 Å². The van der Waals surface area contributed by atoms with Crippen LogP contribution in [0.15, 0.2) is 72.4 Å². The Balaban J connectivity index is 0.735. The predicted octanol–water partition coefficient (Wildman–Crippen LogP) is 0.462. The first-order chi connectivity index (χ1) is 34.2. The molecule has 0 bridgehead atoms. The minimum atomic E-state index is -1.12. The van der Waals surface area contributed by atoms with E-state index in [4.69, 9.17) is 29.4 Å². The molecule has 2 aliphatic heterocycles. The van der Waals surface area contributed by atoms with Crippen molar-refractivity contribution in [3.05, 3.63) is 106 Å². The molecule has 2 atom stereocenters. The fourth-order valence-corrected chi connectivity index (χ4v) is 7.85. The van der Waals surface area contributed by atoms with Gasteiger partial charge in [-0.1, -0.05) is 30.3 Å². The second-order valence-electron chi connectivity index (χ2n) is 16.5. The van der Waals surface area contributed by atoms with Gasteiger partial charge < -0.3 is 55.4 Å². The number of nitrogens with two attached hydrogens (primary N) is 1. The largest absolute Gasteiger partial charge is 0.507 e. The normalized spacial score (nSPS) is 16.2. The molecule has 2 unspecified atom stereocenters. The number of piperidine rings is 1. The number of rotatable bonds is 27. The van der Waals surface area contributed by atoms with Crippen LogP contribution < -0.4 is 31.7 Å². The van der Waals surface area contributed by atoms with Gasteiger partial charge in [-0.2, -0.15) is 0 Å². The molecule has 0 saturated carbocycles. The number of benzene rings is 3. The van der Waals surface area contributed by atoms with E-state index >= 15 is 0 Å². The number of likely N-dealkylation sites (N-methyl/N-ethyl adjacent to an activating group) is 1. The molecule has 1 aliphatic carbocycles. The summed E-state index contributed by atoms with van der Waals surface area (Å²) >= 11 is 0. The highest BCUT2D eigenvalue weighted by atomic mass is 16.6. The number of phenolic OH excluding ortho intramolecular Hbond substituents is 1. The summed E-state index contributed by atoms with van der Waals surface area (Å²) in [6, 6.07) is 14.6. The summed E-state index contributed by atoms with van der Waals surface area (Å²) in [7, 11) is 1.50. The van der Waals surface area contributed by atoms with E-state index < -0.39 is 65.5 Å². The van der Waals surface area contributed by atoms with Crippen molar-refractivity contribution in [1.29, 1.82) is 0 Å². The number of aromatic hydroxyl groups is 1. The first-order valence-corrected chi connectivity index (χ1v) is 23.0. The van der Waals surface area contributed by atoms with Crippen molar-refractivity contribution in [1.82, 2.24) is 31.1 Å². The number of ether oxygens (including phenoxy) is 5. The Kier molecular flexibility index (Phi) is 19.3. The van der Waals surface area contributed by atoms with Gasteiger partial charge in [0, 0.05) is 51.2 Å². The molecule has 8 amide bonds. The highest BCUT2D eigenvalue weighted by Gasteiger charge is 2.46. The molecule has 378 valence electrons. The highest BCUT2D eigenvalue weighted by molar-refractivity contribution is 6.24. The van der Waals surface area contributed by atoms with Crippen LogP contribution in [0.4, 0.5) is 0 Å². The second kappa shape index (κ2) is 25.9. The summed E-state index contributed by atoms with van der Waals surface area (Å²) < 4.78 is 27.4. The topological polar surface area (TPSA) is 301 Å². The average molecular weight is 984 g/mol. The number of carbonyl (C=O) groups is 9. The number of allylic oxidation sites excluding steroid dienone is 1. The third-order valence-electron chi connectivity index (χ3n) is 11.6. The molecule has 0 aromatic heterocycles. The zero-order chi connectivity index (χ0) is 50.9. The SMILES string of the molecule is CN(CCNC(=O)CCOCCOCCOCCOCCNC(=O)COc1cccc2c1C(=O)N(C1CCC(=O)NC1=O)C2=O)C(=O)c1ccc(C(=O)C=C(N)C(=O)NC2CCc3ccccc32)cc1O. The number of nitrogens with one attached hydrogen (secondary N) is 4. The average Bonchev–Trinajstić information content (AvgIpc) is 3.87. The summed E-state index contributed by atoms with van der Waals surface area (Å²) in [6.45, 7) is 2.02. The van der Waals surface area contributed by atoms with Crippen molar-refractivity contribution in [3.8, 4) is 11.5 Å². The van der Waals surface area contributed by atoms with E-state index in [0.29, 0.717) is 13.2 Å². The Morgan fingerprint density at radius 1 is 0.803 bits per heavy atom. The second-order valence-corrected chi connectivity index (χ2v) is 16.5. The maximum atomic E-state index is 13.2. The molecule has 22 nitrogen and oxygen atoms in total. The lowest BCUT2D eigenvalue weighted by Crippen LogP contribution is -2.54. The number of amides is 8. The summed E-state index contributed by atoms with van der Waals surface area (Å²) in [5.74, 6) is -5.57. The number of carbonyl (C=O) groups excluding carboxylic acids is 9. The summed E-state index contributed by atoms with van der Waals surface area (Å²) in [4.78, 5) is 115. The molecule has 3 aromatic rings. The standard InChI is InChI=1S/C49H57N7O15/c1-55(47(64)33-11-9-31(27-39(33)58)38(57)28-35(50)45(62)53-36-12-10-30-5-2-3-6-32(30)36)18-16-51-41(59)15-19-67-21-23-69-25-26-70-24-22-68-20-17-52-43(61)29-71-40-8-4-7-34-44(40)49(66)56(48(34)65)37-13-14-42(60)54-46(37)63/h2-9,11,27-28,36-37,58H,10,12-26,29,50H2,1H3,(H,51,59)(H,52,61)(H,53,62)(H,54,60,63). The van der Waals surface area contributed by atoms with E-state index in [-0.39, 0.29) is 124 Å². The van der Waals surface area contributed by atoms with Crippen LogP contribution in [0, 0.1) is 0 Å². The zero-order valence-electron chi connectivity index (χ0n) is 39.2. The quantitative estimate of drug-likeness (QED) is 0.0262. The van der Waals surface area contributed by atoms with Crippen molar-refractivity contribution in [2.75, 3.05) is 86.1 Å². The lowest BCUT2D eigenvalue weighted by atomic mass is 10.0. The Morgan fingerprint density at radius 2 is 1.49 bits per heavy atom. The van der Waals surface area contributed by atoms with Crippen LogP contribution in [0.2, 0.25) is 0 Å². The van der Waals surface area contributed by atoms with E-state index in [1.165, 1.54) is 42.3 Å². The summed E-state index contributed by atoms with van der Waals surface area (Å²) in [5.41, 5.74) is 7.78. The number of hydrogen-bond donors (Lipinski definition) is 6. The number of hydrogen-bond acceptors (Lipinski definition) is 16. The van der Waals surface area contributed by atoms with Gasteiger partial charge in [0.15, 0.2) is 12.4 Å². The highest BCUT2D eigenvalue weighted by Crippen LogP contribution is 2.34. The zero-order valence-corrected chi connectivity index (χ0v) is 39.2. The van der Waals surface area contributed by atoms with Crippen LogP contribution in [-0.2, 0) is 49.3 Å². The van der Waals surface area contributed by atoms with Crippen LogP contribution in [0.25, 0.3) is 0 Å². The molecule has 1 fully saturated rings. The van der Waals surface area contributed by atoms with Gasteiger partial charge in [0.05, 0.1) is 75.6 Å². The maximum absolute atomic E-state index is 13.2. The predicted molar refractivity (Wildman–Crippen MR) is 250 cm³/mol. The van der Waals surface area contributed by atoms with Gasteiger partial charge in [0.1, 0.15) is 23.2 Å². The molecular formula is C49H57N7O15. The van der Waals surface area contributed by atoms with Gasteiger partial charge in [0.25, 0.3) is 29.5 Å². The Bertz CT molecular complexity index is 2530. The first kappa shape index (κ1) is 52.8. The van der Waals surface area contributed by atoms with Gasteiger partial charge in [-0.25, -0.2) is 0 Å². The number of imide groups is 2. The molecule has 22 heteroatoms. The molecule has 3 aromatic carbocycles. The molecule has 0 radical (unpaired) electrons. The van der Waals surface area contributed by atoms with E-state index in [1.807, 2.05) is 24.3 Å². The third-order valence-corrected chi connectivity index (χ3v) is 11.6. The Hall–Kier alpha value is -7.53. The van der Waals surface area contributed by atoms with Gasteiger partial charge in [-0.05, 0) is 60.7 Å². The molecule has 2 heterocycles. The van der Waals surface area contributed by atoms with E-state index in [2.05, 4.69) is 21.3 Å². The lowest BCUT2D eigenvalue weighted by molar-refractivity contribution is -0.136. The Morgan fingerprint density at radius 3 is 2.21 bits per heavy atom. The van der Waals surface area contributed by atoms with Gasteiger partial charge in [-0.15, -0.1) is 0 Å². The number of fused-ring (bicyclic) bond motifs is 2. The lowest BCUT2D eigenvalue weighted by Gasteiger charge is -2.27. The van der Waals surface area contributed by atoms with E-state index in [1.54, 1.807) is 0 Å². The van der Waals surface area contributed by atoms with Gasteiger partial charge >= 0.3 is 0 Å². The maximum Gasteiger partial charge on any atom is 0.267 e. The van der Waals surface area contributed by atoms with E-state index in [0.717, 1.165) is 41.0 Å². The molecule has 6 rings (SSSR count). The van der Waals surface area contributed by atoms with Crippen LogP contribution in [0.3, 0.4) is 0 Å². The minimum absolute atomic E-state index is 0.00997. The molecule has 1 saturated heterocycles. The molecule has 71 heavy (non-hydrogen) atoms. The monoisotopic (exact) mass is 983 g/mol.